The van der Waals surface area contributed by atoms with Gasteiger partial charge in [0.2, 0.25) is 10.0 Å². The zero-order chi connectivity index (χ0) is 15.8. The van der Waals surface area contributed by atoms with Crippen LogP contribution in [0.5, 0.6) is 0 Å². The standard InChI is InChI=1S/C15H22ClNO3S/c1-10-4-5-17(11(2)6-10)21(19,20)15-8-14(16)7-13(9-18)12(15)3/h7-8,10-11,18H,4-6,9H2,1-3H3. The molecule has 1 N–H and O–H groups in total. The molecule has 0 radical (unpaired) electrons. The Kier molecular flexibility index (Phi) is 4.98. The van der Waals surface area contributed by atoms with Crippen LogP contribution in [-0.4, -0.2) is 30.4 Å². The molecule has 6 heteroatoms. The van der Waals surface area contributed by atoms with E-state index in [4.69, 9.17) is 11.6 Å². The number of hydrogen-bond donors (Lipinski definition) is 1. The number of nitrogens with zero attached hydrogens (tertiary/aromatic N) is 1. The van der Waals surface area contributed by atoms with Crippen LogP contribution in [0.15, 0.2) is 17.0 Å². The topological polar surface area (TPSA) is 57.6 Å². The van der Waals surface area contributed by atoms with Crippen molar-refractivity contribution in [2.45, 2.75) is 51.2 Å². The molecule has 1 aromatic carbocycles. The molecule has 0 aliphatic carbocycles. The minimum absolute atomic E-state index is 0.0188. The molecule has 1 saturated heterocycles. The van der Waals surface area contributed by atoms with Crippen LogP contribution in [0.3, 0.4) is 0 Å². The summed E-state index contributed by atoms with van der Waals surface area (Å²) in [6.45, 7) is 6.12. The van der Waals surface area contributed by atoms with Crippen molar-refractivity contribution in [3.8, 4) is 0 Å². The van der Waals surface area contributed by atoms with Crippen LogP contribution in [0.25, 0.3) is 0 Å². The largest absolute Gasteiger partial charge is 0.392 e. The third kappa shape index (κ3) is 3.26. The number of aliphatic hydroxyl groups is 1. The molecule has 1 aliphatic heterocycles. The molecule has 1 aromatic rings. The summed E-state index contributed by atoms with van der Waals surface area (Å²) in [6.07, 6.45) is 1.74. The van der Waals surface area contributed by atoms with Crippen LogP contribution >= 0.6 is 11.6 Å². The van der Waals surface area contributed by atoms with E-state index in [1.54, 1.807) is 17.3 Å². The smallest absolute Gasteiger partial charge is 0.243 e. The molecule has 0 aromatic heterocycles. The second-order valence-electron chi connectivity index (χ2n) is 5.94. The molecule has 0 bridgehead atoms. The Labute approximate surface area is 131 Å². The number of aliphatic hydroxyl groups excluding tert-OH is 1. The average molecular weight is 332 g/mol. The fourth-order valence-corrected chi connectivity index (χ4v) is 5.27. The van der Waals surface area contributed by atoms with Crippen LogP contribution in [-0.2, 0) is 16.6 Å². The molecule has 1 fully saturated rings. The average Bonchev–Trinajstić information content (AvgIpc) is 2.40. The van der Waals surface area contributed by atoms with Gasteiger partial charge in [-0.3, -0.25) is 0 Å². The lowest BCUT2D eigenvalue weighted by Gasteiger charge is -2.35. The molecule has 21 heavy (non-hydrogen) atoms. The number of piperidine rings is 1. The number of halogens is 1. The van der Waals surface area contributed by atoms with E-state index in [9.17, 15) is 13.5 Å². The Morgan fingerprint density at radius 1 is 1.38 bits per heavy atom. The van der Waals surface area contributed by atoms with Gasteiger partial charge in [0.25, 0.3) is 0 Å². The van der Waals surface area contributed by atoms with Gasteiger partial charge >= 0.3 is 0 Å². The molecule has 1 aliphatic rings. The predicted molar refractivity (Wildman–Crippen MR) is 83.9 cm³/mol. The number of sulfonamides is 1. The number of rotatable bonds is 3. The van der Waals surface area contributed by atoms with Crippen molar-refractivity contribution in [1.29, 1.82) is 0 Å². The highest BCUT2D eigenvalue weighted by molar-refractivity contribution is 7.89. The lowest BCUT2D eigenvalue weighted by atomic mass is 9.95. The van der Waals surface area contributed by atoms with Crippen molar-refractivity contribution in [1.82, 2.24) is 4.31 Å². The van der Waals surface area contributed by atoms with E-state index in [-0.39, 0.29) is 17.5 Å². The van der Waals surface area contributed by atoms with Gasteiger partial charge in [0.05, 0.1) is 11.5 Å². The maximum atomic E-state index is 12.9. The Morgan fingerprint density at radius 2 is 2.05 bits per heavy atom. The maximum absolute atomic E-state index is 12.9. The van der Waals surface area contributed by atoms with Crippen LogP contribution < -0.4 is 0 Å². The van der Waals surface area contributed by atoms with Crippen LogP contribution in [0, 0.1) is 12.8 Å². The first kappa shape index (κ1) is 16.7. The molecule has 118 valence electrons. The zero-order valence-electron chi connectivity index (χ0n) is 12.6. The number of benzene rings is 1. The van der Waals surface area contributed by atoms with Gasteiger partial charge in [-0.05, 0) is 55.9 Å². The number of hydrogen-bond acceptors (Lipinski definition) is 3. The quantitative estimate of drug-likeness (QED) is 0.926. The van der Waals surface area contributed by atoms with Gasteiger partial charge < -0.3 is 5.11 Å². The SMILES string of the molecule is Cc1c(CO)cc(Cl)cc1S(=O)(=O)N1CCC(C)CC1C. The third-order valence-corrected chi connectivity index (χ3v) is 6.62. The van der Waals surface area contributed by atoms with Crippen molar-refractivity contribution in [2.75, 3.05) is 6.54 Å². The second-order valence-corrected chi connectivity index (χ2v) is 8.24. The van der Waals surface area contributed by atoms with E-state index >= 15 is 0 Å². The van der Waals surface area contributed by atoms with Gasteiger partial charge in [0.15, 0.2) is 0 Å². The normalized spacial score (nSPS) is 24.2. The van der Waals surface area contributed by atoms with Crippen molar-refractivity contribution in [3.05, 3.63) is 28.3 Å². The zero-order valence-corrected chi connectivity index (χ0v) is 14.2. The van der Waals surface area contributed by atoms with Crippen LogP contribution in [0.2, 0.25) is 5.02 Å². The van der Waals surface area contributed by atoms with Gasteiger partial charge in [0, 0.05) is 17.6 Å². The van der Waals surface area contributed by atoms with Crippen molar-refractivity contribution >= 4 is 21.6 Å². The minimum atomic E-state index is -3.58. The van der Waals surface area contributed by atoms with Gasteiger partial charge in [-0.2, -0.15) is 4.31 Å². The molecule has 2 unspecified atom stereocenters. The summed E-state index contributed by atoms with van der Waals surface area (Å²) in [5.41, 5.74) is 1.13. The van der Waals surface area contributed by atoms with E-state index in [0.717, 1.165) is 12.8 Å². The molecule has 1 heterocycles. The molecule has 0 spiro atoms. The van der Waals surface area contributed by atoms with Crippen LogP contribution in [0.1, 0.15) is 37.8 Å². The molecular weight excluding hydrogens is 310 g/mol. The highest BCUT2D eigenvalue weighted by Crippen LogP contribution is 2.32. The summed E-state index contributed by atoms with van der Waals surface area (Å²) in [7, 11) is -3.58. The van der Waals surface area contributed by atoms with E-state index in [0.29, 0.717) is 28.6 Å². The minimum Gasteiger partial charge on any atom is -0.392 e. The highest BCUT2D eigenvalue weighted by Gasteiger charge is 2.34. The Balaban J connectivity index is 2.47. The maximum Gasteiger partial charge on any atom is 0.243 e. The summed E-state index contributed by atoms with van der Waals surface area (Å²) in [5, 5.41) is 9.70. The first-order chi connectivity index (χ1) is 9.77. The summed E-state index contributed by atoms with van der Waals surface area (Å²) in [6, 6.07) is 3.07. The van der Waals surface area contributed by atoms with Gasteiger partial charge in [-0.15, -0.1) is 0 Å². The first-order valence-corrected chi connectivity index (χ1v) is 9.01. The highest BCUT2D eigenvalue weighted by atomic mass is 35.5. The van der Waals surface area contributed by atoms with Crippen molar-refractivity contribution in [2.24, 2.45) is 5.92 Å². The summed E-state index contributed by atoms with van der Waals surface area (Å²) in [5.74, 6) is 0.542. The first-order valence-electron chi connectivity index (χ1n) is 7.19. The van der Waals surface area contributed by atoms with E-state index in [1.807, 2.05) is 6.92 Å². The molecule has 2 atom stereocenters. The molecule has 0 amide bonds. The fourth-order valence-electron chi connectivity index (χ4n) is 3.01. The monoisotopic (exact) mass is 331 g/mol. The van der Waals surface area contributed by atoms with E-state index < -0.39 is 10.0 Å². The third-order valence-electron chi connectivity index (χ3n) is 4.27. The lowest BCUT2D eigenvalue weighted by molar-refractivity contribution is 0.220. The van der Waals surface area contributed by atoms with Crippen molar-refractivity contribution in [3.63, 3.8) is 0 Å². The van der Waals surface area contributed by atoms with Crippen LogP contribution in [0.4, 0.5) is 0 Å². The van der Waals surface area contributed by atoms with E-state index in [1.165, 1.54) is 6.07 Å². The Bertz CT molecular complexity index is 630. The Morgan fingerprint density at radius 3 is 2.62 bits per heavy atom. The van der Waals surface area contributed by atoms with Crippen molar-refractivity contribution < 1.29 is 13.5 Å². The lowest BCUT2D eigenvalue weighted by Crippen LogP contribution is -2.44. The molecule has 4 nitrogen and oxygen atoms in total. The van der Waals surface area contributed by atoms with Gasteiger partial charge in [-0.25, -0.2) is 8.42 Å². The van der Waals surface area contributed by atoms with Gasteiger partial charge in [0.1, 0.15) is 0 Å². The fraction of sp³-hybridized carbons (Fsp3) is 0.600. The summed E-state index contributed by atoms with van der Waals surface area (Å²) < 4.78 is 27.4. The summed E-state index contributed by atoms with van der Waals surface area (Å²) in [4.78, 5) is 0.209. The molecular formula is C15H22ClNO3S. The second kappa shape index (κ2) is 6.24. The van der Waals surface area contributed by atoms with Gasteiger partial charge in [-0.1, -0.05) is 18.5 Å². The molecule has 2 rings (SSSR count). The van der Waals surface area contributed by atoms with E-state index in [2.05, 4.69) is 6.92 Å². The predicted octanol–water partition coefficient (Wildman–Crippen LogP) is 2.95. The molecule has 0 saturated carbocycles. The Hall–Kier alpha value is -0.620. The summed E-state index contributed by atoms with van der Waals surface area (Å²) >= 11 is 6.01.